The number of amides is 3. The van der Waals surface area contributed by atoms with Crippen LogP contribution in [0.4, 0.5) is 13.6 Å². The molecule has 5 aliphatic rings. The van der Waals surface area contributed by atoms with Gasteiger partial charge in [0, 0.05) is 18.0 Å². The van der Waals surface area contributed by atoms with Gasteiger partial charge in [-0.3, -0.25) is 4.79 Å². The fourth-order valence-corrected chi connectivity index (χ4v) is 6.81. The van der Waals surface area contributed by atoms with Crippen molar-refractivity contribution >= 4 is 11.9 Å². The summed E-state index contributed by atoms with van der Waals surface area (Å²) in [6, 6.07) is 3.71. The molecule has 0 radical (unpaired) electrons. The molecule has 5 fully saturated rings. The molecular weight excluding hydrogens is 364 g/mol. The molecule has 150 valence electrons. The Balaban J connectivity index is 1.43. The summed E-state index contributed by atoms with van der Waals surface area (Å²) in [4.78, 5) is 26.9. The maximum atomic E-state index is 13.8. The number of carbonyl (C=O) groups is 2. The van der Waals surface area contributed by atoms with E-state index in [0.29, 0.717) is 18.0 Å². The van der Waals surface area contributed by atoms with E-state index in [9.17, 15) is 18.4 Å². The number of nitrogens with two attached hydrogens (primary N) is 1. The Bertz CT molecular complexity index is 859. The van der Waals surface area contributed by atoms with E-state index < -0.39 is 22.6 Å². The van der Waals surface area contributed by atoms with Crippen LogP contribution in [-0.4, -0.2) is 29.4 Å². The largest absolute Gasteiger partial charge is 0.369 e. The van der Waals surface area contributed by atoms with E-state index in [0.717, 1.165) is 44.2 Å². The van der Waals surface area contributed by atoms with Gasteiger partial charge in [-0.2, -0.15) is 0 Å². The van der Waals surface area contributed by atoms with Crippen molar-refractivity contribution in [3.05, 3.63) is 35.4 Å². The van der Waals surface area contributed by atoms with Crippen LogP contribution < -0.4 is 11.1 Å². The van der Waals surface area contributed by atoms with Gasteiger partial charge in [0.05, 0.1) is 5.54 Å². The molecule has 1 saturated heterocycles. The normalized spacial score (nSPS) is 41.4. The van der Waals surface area contributed by atoms with Crippen molar-refractivity contribution in [3.63, 3.8) is 0 Å². The zero-order chi connectivity index (χ0) is 19.8. The van der Waals surface area contributed by atoms with Crippen molar-refractivity contribution in [2.24, 2.45) is 28.9 Å². The molecule has 0 spiro atoms. The SMILES string of the molecule is CC1(c2ccc(F)c(F)c2)CN(C2C3CC4CC2CC(C(N)=O)(C4)C3)C(=O)N1. The second-order valence-corrected chi connectivity index (χ2v) is 9.62. The number of nitrogens with one attached hydrogen (secondary N) is 1. The number of halogens is 2. The van der Waals surface area contributed by atoms with Crippen LogP contribution in [0.2, 0.25) is 0 Å². The molecule has 3 atom stereocenters. The second kappa shape index (κ2) is 5.67. The highest BCUT2D eigenvalue weighted by Crippen LogP contribution is 2.61. The van der Waals surface area contributed by atoms with E-state index in [1.165, 1.54) is 6.07 Å². The lowest BCUT2D eigenvalue weighted by Gasteiger charge is -2.60. The smallest absolute Gasteiger partial charge is 0.318 e. The van der Waals surface area contributed by atoms with Gasteiger partial charge >= 0.3 is 6.03 Å². The molecule has 3 unspecified atom stereocenters. The first kappa shape index (κ1) is 17.9. The molecule has 1 heterocycles. The van der Waals surface area contributed by atoms with Crippen LogP contribution in [0.1, 0.15) is 44.6 Å². The molecule has 1 aliphatic heterocycles. The van der Waals surface area contributed by atoms with Crippen LogP contribution >= 0.6 is 0 Å². The molecule has 3 amide bonds. The molecule has 28 heavy (non-hydrogen) atoms. The molecule has 3 N–H and O–H groups in total. The monoisotopic (exact) mass is 389 g/mol. The number of carbonyl (C=O) groups excluding carboxylic acids is 2. The van der Waals surface area contributed by atoms with Gasteiger partial charge in [0.1, 0.15) is 0 Å². The Kier molecular flexibility index (Phi) is 3.62. The fraction of sp³-hybridized carbons (Fsp3) is 0.619. The Labute approximate surface area is 162 Å². The molecule has 4 bridgehead atoms. The Morgan fingerprint density at radius 1 is 1.18 bits per heavy atom. The van der Waals surface area contributed by atoms with Crippen molar-refractivity contribution in [2.75, 3.05) is 6.54 Å². The van der Waals surface area contributed by atoms with Gasteiger partial charge in [0.2, 0.25) is 5.91 Å². The highest BCUT2D eigenvalue weighted by Gasteiger charge is 2.60. The summed E-state index contributed by atoms with van der Waals surface area (Å²) < 4.78 is 27.1. The van der Waals surface area contributed by atoms with Crippen LogP contribution in [0.3, 0.4) is 0 Å². The standard InChI is InChI=1S/C21H25F2N3O2/c1-20(14-2-3-15(22)16(23)6-14)10-26(19(28)25-20)17-12-4-11-5-13(17)9-21(7-11,8-12)18(24)27/h2-3,6,11-13,17H,4-5,7-10H2,1H3,(H2,24,27)(H,25,28). The predicted octanol–water partition coefficient (Wildman–Crippen LogP) is 2.89. The number of primary amides is 1. The van der Waals surface area contributed by atoms with E-state index in [4.69, 9.17) is 5.73 Å². The molecule has 4 saturated carbocycles. The van der Waals surface area contributed by atoms with E-state index in [1.807, 2.05) is 11.8 Å². The van der Waals surface area contributed by atoms with Crippen molar-refractivity contribution in [1.82, 2.24) is 10.2 Å². The van der Waals surface area contributed by atoms with Crippen LogP contribution in [0, 0.1) is 34.8 Å². The number of urea groups is 1. The second-order valence-electron chi connectivity index (χ2n) is 9.62. The lowest BCUT2D eigenvalue weighted by atomic mass is 9.47. The van der Waals surface area contributed by atoms with Gasteiger partial charge in [-0.25, -0.2) is 13.6 Å². The lowest BCUT2D eigenvalue weighted by Crippen LogP contribution is -2.62. The highest BCUT2D eigenvalue weighted by molar-refractivity contribution is 5.82. The average Bonchev–Trinajstić information content (AvgIpc) is 2.92. The van der Waals surface area contributed by atoms with E-state index >= 15 is 0 Å². The van der Waals surface area contributed by atoms with E-state index in [-0.39, 0.29) is 29.8 Å². The quantitative estimate of drug-likeness (QED) is 0.834. The van der Waals surface area contributed by atoms with E-state index in [1.54, 1.807) is 0 Å². The van der Waals surface area contributed by atoms with E-state index in [2.05, 4.69) is 5.32 Å². The number of benzene rings is 1. The zero-order valence-electron chi connectivity index (χ0n) is 15.9. The fourth-order valence-electron chi connectivity index (χ4n) is 6.81. The maximum absolute atomic E-state index is 13.8. The predicted molar refractivity (Wildman–Crippen MR) is 97.9 cm³/mol. The number of hydrogen-bond acceptors (Lipinski definition) is 2. The zero-order valence-corrected chi connectivity index (χ0v) is 15.9. The van der Waals surface area contributed by atoms with Crippen LogP contribution in [-0.2, 0) is 10.3 Å². The molecule has 1 aromatic rings. The summed E-state index contributed by atoms with van der Waals surface area (Å²) >= 11 is 0. The molecule has 1 aromatic carbocycles. The van der Waals surface area contributed by atoms with Crippen molar-refractivity contribution in [1.29, 1.82) is 0 Å². The van der Waals surface area contributed by atoms with Crippen molar-refractivity contribution < 1.29 is 18.4 Å². The summed E-state index contributed by atoms with van der Waals surface area (Å²) in [5.41, 5.74) is 5.15. The number of hydrogen-bond donors (Lipinski definition) is 2. The first-order valence-electron chi connectivity index (χ1n) is 10.0. The van der Waals surface area contributed by atoms with Gasteiger partial charge in [-0.05, 0) is 74.5 Å². The third-order valence-electron chi connectivity index (χ3n) is 7.79. The van der Waals surface area contributed by atoms with Crippen LogP contribution in [0.5, 0.6) is 0 Å². The first-order valence-corrected chi connectivity index (χ1v) is 10.0. The van der Waals surface area contributed by atoms with Gasteiger partial charge in [-0.1, -0.05) is 6.07 Å². The summed E-state index contributed by atoms with van der Waals surface area (Å²) in [5.74, 6) is -0.934. The third kappa shape index (κ3) is 2.40. The minimum atomic E-state index is -0.913. The topological polar surface area (TPSA) is 75.4 Å². The number of nitrogens with zero attached hydrogens (tertiary/aromatic N) is 1. The van der Waals surface area contributed by atoms with Crippen LogP contribution in [0.15, 0.2) is 18.2 Å². The minimum Gasteiger partial charge on any atom is -0.369 e. The Hall–Kier alpha value is -2.18. The molecule has 4 aliphatic carbocycles. The van der Waals surface area contributed by atoms with Gasteiger partial charge < -0.3 is 16.0 Å². The molecule has 7 heteroatoms. The third-order valence-corrected chi connectivity index (χ3v) is 7.79. The average molecular weight is 389 g/mol. The summed E-state index contributed by atoms with van der Waals surface area (Å²) in [6.45, 7) is 2.25. The Morgan fingerprint density at radius 3 is 2.46 bits per heavy atom. The van der Waals surface area contributed by atoms with Gasteiger partial charge in [0.25, 0.3) is 0 Å². The number of rotatable bonds is 3. The molecule has 5 nitrogen and oxygen atoms in total. The molecule has 6 rings (SSSR count). The van der Waals surface area contributed by atoms with Crippen molar-refractivity contribution in [3.8, 4) is 0 Å². The van der Waals surface area contributed by atoms with Crippen LogP contribution in [0.25, 0.3) is 0 Å². The highest BCUT2D eigenvalue weighted by atomic mass is 19.2. The van der Waals surface area contributed by atoms with Gasteiger partial charge in [0.15, 0.2) is 11.6 Å². The van der Waals surface area contributed by atoms with Gasteiger partial charge in [-0.15, -0.1) is 0 Å². The first-order chi connectivity index (χ1) is 13.2. The molecule has 0 aromatic heterocycles. The summed E-state index contributed by atoms with van der Waals surface area (Å²) in [6.07, 6.45) is 4.46. The summed E-state index contributed by atoms with van der Waals surface area (Å²) in [7, 11) is 0. The molecular formula is C21H25F2N3O2. The maximum Gasteiger partial charge on any atom is 0.318 e. The lowest BCUT2D eigenvalue weighted by molar-refractivity contribution is -0.150. The summed E-state index contributed by atoms with van der Waals surface area (Å²) in [5, 5.41) is 2.99. The minimum absolute atomic E-state index is 0.0798. The van der Waals surface area contributed by atoms with Crippen molar-refractivity contribution in [2.45, 2.75) is 50.6 Å². The Morgan fingerprint density at radius 2 is 1.86 bits per heavy atom.